The summed E-state index contributed by atoms with van der Waals surface area (Å²) in [6.45, 7) is -0.237. The lowest BCUT2D eigenvalue weighted by molar-refractivity contribution is 0.0458. The van der Waals surface area contributed by atoms with Crippen LogP contribution in [0.2, 0.25) is 0 Å². The highest BCUT2D eigenvalue weighted by Crippen LogP contribution is 2.30. The zero-order valence-corrected chi connectivity index (χ0v) is 16.2. The molecule has 0 aliphatic rings. The molecule has 0 saturated carbocycles. The lowest BCUT2D eigenvalue weighted by atomic mass is 10.1. The first-order chi connectivity index (χ1) is 14.1. The molecule has 4 rings (SSSR count). The molecule has 0 aliphatic heterocycles. The number of rotatable bonds is 5. The average Bonchev–Trinajstić information content (AvgIpc) is 3.17. The van der Waals surface area contributed by atoms with Crippen molar-refractivity contribution in [2.75, 3.05) is 7.11 Å². The van der Waals surface area contributed by atoms with Crippen LogP contribution in [0.3, 0.4) is 0 Å². The van der Waals surface area contributed by atoms with Gasteiger partial charge in [0.15, 0.2) is 0 Å². The Morgan fingerprint density at radius 1 is 1.21 bits per heavy atom. The number of benzene rings is 2. The van der Waals surface area contributed by atoms with Crippen LogP contribution in [-0.4, -0.2) is 28.2 Å². The van der Waals surface area contributed by atoms with Gasteiger partial charge in [0.05, 0.1) is 12.5 Å². The quantitative estimate of drug-likeness (QED) is 0.488. The number of carbonyl (C=O) groups is 1. The summed E-state index contributed by atoms with van der Waals surface area (Å²) in [7, 11) is 1.45. The first-order valence-corrected chi connectivity index (χ1v) is 9.54. The number of aromatic amines is 1. The van der Waals surface area contributed by atoms with Crippen LogP contribution in [0.5, 0.6) is 11.5 Å². The summed E-state index contributed by atoms with van der Waals surface area (Å²) in [4.78, 5) is 32.5. The third kappa shape index (κ3) is 3.70. The average molecular weight is 408 g/mol. The third-order valence-electron chi connectivity index (χ3n) is 4.34. The highest BCUT2D eigenvalue weighted by Gasteiger charge is 2.16. The molecule has 0 spiro atoms. The Labute approximate surface area is 169 Å². The molecule has 8 heteroatoms. The van der Waals surface area contributed by atoms with Gasteiger partial charge in [0.25, 0.3) is 5.56 Å². The van der Waals surface area contributed by atoms with E-state index in [4.69, 9.17) is 9.47 Å². The fourth-order valence-electron chi connectivity index (χ4n) is 2.91. The van der Waals surface area contributed by atoms with Crippen LogP contribution in [0.4, 0.5) is 0 Å². The molecule has 0 fully saturated rings. The molecular formula is C21H16N2O5S. The molecule has 0 atom stereocenters. The number of hydrogen-bond acceptors (Lipinski definition) is 7. The summed E-state index contributed by atoms with van der Waals surface area (Å²) in [5.74, 6) is -0.340. The Hall–Kier alpha value is -3.65. The zero-order chi connectivity index (χ0) is 20.4. The summed E-state index contributed by atoms with van der Waals surface area (Å²) in [5, 5.41) is 12.2. The van der Waals surface area contributed by atoms with Gasteiger partial charge >= 0.3 is 5.97 Å². The molecule has 0 aliphatic carbocycles. The second-order valence-corrected chi connectivity index (χ2v) is 7.03. The standard InChI is InChI=1S/C21H16N2O5S/c1-27-13-7-8-16(24)14(9-13)21(26)28-10-17-22-19(25)18-15(11-29-20(18)23-17)12-5-3-2-4-6-12/h2-9,11,24H,10H2,1H3,(H,22,23,25). The van der Waals surface area contributed by atoms with Crippen molar-refractivity contribution in [2.45, 2.75) is 6.61 Å². The van der Waals surface area contributed by atoms with Crippen molar-refractivity contribution in [2.24, 2.45) is 0 Å². The first kappa shape index (κ1) is 18.7. The molecular weight excluding hydrogens is 392 g/mol. The van der Waals surface area contributed by atoms with E-state index in [1.165, 1.54) is 36.6 Å². The van der Waals surface area contributed by atoms with Gasteiger partial charge in [0.1, 0.15) is 34.3 Å². The summed E-state index contributed by atoms with van der Waals surface area (Å²) in [6.07, 6.45) is 0. The maximum Gasteiger partial charge on any atom is 0.342 e. The van der Waals surface area contributed by atoms with E-state index in [1.807, 2.05) is 35.7 Å². The molecule has 7 nitrogen and oxygen atoms in total. The third-order valence-corrected chi connectivity index (χ3v) is 5.21. The van der Waals surface area contributed by atoms with Crippen LogP contribution in [0, 0.1) is 0 Å². The molecule has 2 aromatic heterocycles. The maximum atomic E-state index is 12.6. The Balaban J connectivity index is 1.58. The van der Waals surface area contributed by atoms with Crippen molar-refractivity contribution in [3.8, 4) is 22.6 Å². The van der Waals surface area contributed by atoms with E-state index in [9.17, 15) is 14.7 Å². The number of hydrogen-bond donors (Lipinski definition) is 2. The van der Waals surface area contributed by atoms with Gasteiger partial charge in [-0.2, -0.15) is 0 Å². The monoisotopic (exact) mass is 408 g/mol. The Morgan fingerprint density at radius 2 is 2.00 bits per heavy atom. The van der Waals surface area contributed by atoms with Gasteiger partial charge in [-0.3, -0.25) is 4.79 Å². The minimum Gasteiger partial charge on any atom is -0.507 e. The molecule has 29 heavy (non-hydrogen) atoms. The summed E-state index contributed by atoms with van der Waals surface area (Å²) in [5.41, 5.74) is 1.41. The van der Waals surface area contributed by atoms with Crippen LogP contribution in [0.1, 0.15) is 16.2 Å². The summed E-state index contributed by atoms with van der Waals surface area (Å²) >= 11 is 1.35. The number of nitrogens with one attached hydrogen (secondary N) is 1. The van der Waals surface area contributed by atoms with Crippen LogP contribution in [-0.2, 0) is 11.3 Å². The number of aromatic hydroxyl groups is 1. The minimum atomic E-state index is -0.750. The zero-order valence-electron chi connectivity index (χ0n) is 15.3. The SMILES string of the molecule is COc1ccc(O)c(C(=O)OCc2nc3scc(-c4ccccc4)c3c(=O)[nH]2)c1. The summed E-state index contributed by atoms with van der Waals surface area (Å²) < 4.78 is 10.3. The smallest absolute Gasteiger partial charge is 0.342 e. The van der Waals surface area contributed by atoms with E-state index in [0.29, 0.717) is 16.0 Å². The van der Waals surface area contributed by atoms with Gasteiger partial charge in [-0.15, -0.1) is 11.3 Å². The molecule has 4 aromatic rings. The van der Waals surface area contributed by atoms with Gasteiger partial charge in [0, 0.05) is 10.9 Å². The number of ether oxygens (including phenoxy) is 2. The number of H-pyrrole nitrogens is 1. The lowest BCUT2D eigenvalue weighted by Crippen LogP contribution is -2.14. The molecule has 0 unspecified atom stereocenters. The Kier molecular flexibility index (Phi) is 5.01. The minimum absolute atomic E-state index is 0.0322. The Bertz CT molecular complexity index is 1250. The lowest BCUT2D eigenvalue weighted by Gasteiger charge is -2.08. The number of esters is 1. The number of fused-ring (bicyclic) bond motifs is 1. The predicted molar refractivity (Wildman–Crippen MR) is 109 cm³/mol. The van der Waals surface area contributed by atoms with E-state index < -0.39 is 5.97 Å². The molecule has 0 saturated heterocycles. The van der Waals surface area contributed by atoms with Gasteiger partial charge in [-0.1, -0.05) is 30.3 Å². The number of methoxy groups -OCH3 is 1. The van der Waals surface area contributed by atoms with Crippen molar-refractivity contribution in [3.63, 3.8) is 0 Å². The number of carbonyl (C=O) groups excluding carboxylic acids is 1. The van der Waals surface area contributed by atoms with Gasteiger partial charge in [-0.05, 0) is 23.8 Å². The van der Waals surface area contributed by atoms with Crippen molar-refractivity contribution < 1.29 is 19.4 Å². The highest BCUT2D eigenvalue weighted by molar-refractivity contribution is 7.17. The topological polar surface area (TPSA) is 102 Å². The maximum absolute atomic E-state index is 12.6. The second-order valence-electron chi connectivity index (χ2n) is 6.17. The van der Waals surface area contributed by atoms with Crippen molar-refractivity contribution >= 4 is 27.5 Å². The molecule has 0 bridgehead atoms. The predicted octanol–water partition coefficient (Wildman–Crippen LogP) is 3.72. The normalized spacial score (nSPS) is 10.8. The molecule has 146 valence electrons. The largest absolute Gasteiger partial charge is 0.507 e. The van der Waals surface area contributed by atoms with Crippen LogP contribution in [0.15, 0.2) is 58.7 Å². The van der Waals surface area contributed by atoms with Crippen LogP contribution < -0.4 is 10.3 Å². The number of nitrogens with zero attached hydrogens (tertiary/aromatic N) is 1. The van der Waals surface area contributed by atoms with Crippen LogP contribution >= 0.6 is 11.3 Å². The van der Waals surface area contributed by atoms with Crippen molar-refractivity contribution in [1.82, 2.24) is 9.97 Å². The molecule has 0 radical (unpaired) electrons. The fourth-order valence-corrected chi connectivity index (χ4v) is 3.88. The van der Waals surface area contributed by atoms with E-state index in [-0.39, 0.29) is 29.3 Å². The molecule has 2 N–H and O–H groups in total. The molecule has 0 amide bonds. The fraction of sp³-hybridized carbons (Fsp3) is 0.0952. The van der Waals surface area contributed by atoms with E-state index in [0.717, 1.165) is 11.1 Å². The first-order valence-electron chi connectivity index (χ1n) is 8.67. The van der Waals surface area contributed by atoms with Gasteiger partial charge in [0.2, 0.25) is 0 Å². The Morgan fingerprint density at radius 3 is 2.76 bits per heavy atom. The van der Waals surface area contributed by atoms with E-state index in [2.05, 4.69) is 9.97 Å². The van der Waals surface area contributed by atoms with Crippen LogP contribution in [0.25, 0.3) is 21.3 Å². The number of aromatic nitrogens is 2. The number of phenols is 1. The highest BCUT2D eigenvalue weighted by atomic mass is 32.1. The van der Waals surface area contributed by atoms with Gasteiger partial charge in [-0.25, -0.2) is 9.78 Å². The van der Waals surface area contributed by atoms with Crippen molar-refractivity contribution in [1.29, 1.82) is 0 Å². The van der Waals surface area contributed by atoms with E-state index in [1.54, 1.807) is 0 Å². The van der Waals surface area contributed by atoms with Gasteiger partial charge < -0.3 is 19.6 Å². The van der Waals surface area contributed by atoms with Crippen molar-refractivity contribution in [3.05, 3.63) is 75.7 Å². The number of phenolic OH excluding ortho intramolecular Hbond substituents is 1. The van der Waals surface area contributed by atoms with E-state index >= 15 is 0 Å². The number of thiophene rings is 1. The summed E-state index contributed by atoms with van der Waals surface area (Å²) in [6, 6.07) is 13.8. The molecule has 2 aromatic carbocycles. The molecule has 2 heterocycles. The second kappa shape index (κ2) is 7.76.